The summed E-state index contributed by atoms with van der Waals surface area (Å²) in [7, 11) is 0. The fourth-order valence-electron chi connectivity index (χ4n) is 12.8. The molecule has 0 radical (unpaired) electrons. The molecule has 0 aromatic rings. The Morgan fingerprint density at radius 1 is 0.318 bits per heavy atom. The number of aliphatic hydroxyl groups excluding tert-OH is 2. The maximum absolute atomic E-state index is 12.5. The lowest BCUT2D eigenvalue weighted by atomic mass is 10.0. The topological polar surface area (TPSA) is 95.9 Å². The molecule has 0 aromatic carbocycles. The van der Waals surface area contributed by atoms with Gasteiger partial charge in [0.25, 0.3) is 0 Å². The molecular weight excluding hydrogens is 1080 g/mol. The van der Waals surface area contributed by atoms with Crippen molar-refractivity contribution in [2.75, 3.05) is 13.2 Å². The Labute approximate surface area is 551 Å². The fourth-order valence-corrected chi connectivity index (χ4v) is 12.8. The molecule has 3 N–H and O–H groups in total. The van der Waals surface area contributed by atoms with Crippen LogP contribution in [0.25, 0.3) is 0 Å². The van der Waals surface area contributed by atoms with E-state index in [1.807, 2.05) is 6.08 Å². The van der Waals surface area contributed by atoms with E-state index in [4.69, 9.17) is 4.74 Å². The van der Waals surface area contributed by atoms with Gasteiger partial charge in [0, 0.05) is 12.8 Å². The molecule has 1 amide bonds. The van der Waals surface area contributed by atoms with Crippen LogP contribution in [0.5, 0.6) is 0 Å². The van der Waals surface area contributed by atoms with E-state index < -0.39 is 12.1 Å². The summed E-state index contributed by atoms with van der Waals surface area (Å²) in [4.78, 5) is 24.6. The molecule has 0 aromatic heterocycles. The number of unbranched alkanes of at least 4 members (excludes halogenated alkanes) is 61. The van der Waals surface area contributed by atoms with Gasteiger partial charge in [-0.15, -0.1) is 0 Å². The molecule has 0 rings (SSSR count). The number of nitrogens with one attached hydrogen (secondary N) is 1. The Morgan fingerprint density at radius 3 is 0.886 bits per heavy atom. The molecule has 0 aliphatic carbocycles. The van der Waals surface area contributed by atoms with Gasteiger partial charge in [-0.1, -0.05) is 410 Å². The normalized spacial score (nSPS) is 12.6. The fraction of sp³-hybridized carbons (Fsp3) is 0.902. The molecule has 0 aliphatic heterocycles. The van der Waals surface area contributed by atoms with Crippen molar-refractivity contribution in [1.82, 2.24) is 5.32 Å². The Bertz CT molecular complexity index is 1430. The van der Waals surface area contributed by atoms with E-state index in [1.54, 1.807) is 6.08 Å². The van der Waals surface area contributed by atoms with Crippen LogP contribution in [-0.2, 0) is 14.3 Å². The zero-order valence-corrected chi connectivity index (χ0v) is 59.7. The van der Waals surface area contributed by atoms with E-state index in [9.17, 15) is 19.8 Å². The molecule has 2 unspecified atom stereocenters. The highest BCUT2D eigenvalue weighted by atomic mass is 16.5. The van der Waals surface area contributed by atoms with Crippen LogP contribution in [0.15, 0.2) is 36.5 Å². The van der Waals surface area contributed by atoms with Gasteiger partial charge >= 0.3 is 5.97 Å². The number of hydrogen-bond acceptors (Lipinski definition) is 5. The van der Waals surface area contributed by atoms with E-state index >= 15 is 0 Å². The highest BCUT2D eigenvalue weighted by Gasteiger charge is 2.18. The number of esters is 1. The van der Waals surface area contributed by atoms with Gasteiger partial charge in [0.1, 0.15) is 0 Å². The first-order valence-electron chi connectivity index (χ1n) is 40.3. The predicted molar refractivity (Wildman–Crippen MR) is 389 cm³/mol. The zero-order chi connectivity index (χ0) is 63.5. The predicted octanol–water partition coefficient (Wildman–Crippen LogP) is 26.6. The van der Waals surface area contributed by atoms with Gasteiger partial charge in [0.15, 0.2) is 0 Å². The third kappa shape index (κ3) is 73.1. The van der Waals surface area contributed by atoms with Crippen molar-refractivity contribution in [2.45, 2.75) is 463 Å². The SMILES string of the molecule is CCCCC/C=C\C/C=C\CCCCCCCCCCCC(=O)OCCCCCCCCCCCCCCCCCCCCCCCCCCCCCCCCCCCCCCCCCC(=O)NC(CO)C(O)/C=C/CCCCCCCCCCCCC. The molecule has 6 nitrogen and oxygen atoms in total. The number of rotatable bonds is 76. The minimum atomic E-state index is -0.839. The van der Waals surface area contributed by atoms with Gasteiger partial charge in [0.2, 0.25) is 5.91 Å². The standard InChI is InChI=1S/C82H157NO5/c1-3-5-7-9-11-13-15-17-18-19-41-45-48-52-56-60-64-68-72-76-82(87)88-77-73-69-65-61-57-53-49-46-43-40-38-36-34-32-30-28-26-24-22-20-21-23-25-27-29-31-33-35-37-39-42-44-47-51-55-59-63-67-71-75-81(86)83-79(78-84)80(85)74-70-66-62-58-54-50-16-14-12-10-8-6-4-2/h11,13,17-18,70,74,79-80,84-85H,3-10,12,14-16,19-69,71-73,75-78H2,1-2H3,(H,83,86)/b13-11-,18-17-,74-70+. The first-order valence-corrected chi connectivity index (χ1v) is 40.3. The Balaban J connectivity index is 3.28. The Morgan fingerprint density at radius 2 is 0.568 bits per heavy atom. The van der Waals surface area contributed by atoms with Crippen molar-refractivity contribution < 1.29 is 24.5 Å². The van der Waals surface area contributed by atoms with Gasteiger partial charge in [0.05, 0.1) is 25.4 Å². The second-order valence-corrected chi connectivity index (χ2v) is 27.8. The maximum atomic E-state index is 12.5. The number of amides is 1. The van der Waals surface area contributed by atoms with Gasteiger partial charge in [-0.05, 0) is 64.2 Å². The van der Waals surface area contributed by atoms with E-state index in [0.29, 0.717) is 19.4 Å². The van der Waals surface area contributed by atoms with E-state index in [0.717, 1.165) is 44.9 Å². The minimum absolute atomic E-state index is 0.0207. The summed E-state index contributed by atoms with van der Waals surface area (Å²) in [6, 6.07) is -0.622. The van der Waals surface area contributed by atoms with Crippen LogP contribution in [0, 0.1) is 0 Å². The number of carbonyl (C=O) groups is 2. The zero-order valence-electron chi connectivity index (χ0n) is 59.7. The summed E-state index contributed by atoms with van der Waals surface area (Å²) >= 11 is 0. The van der Waals surface area contributed by atoms with Crippen LogP contribution in [0.1, 0.15) is 450 Å². The molecule has 0 spiro atoms. The van der Waals surface area contributed by atoms with Crippen LogP contribution >= 0.6 is 0 Å². The second-order valence-electron chi connectivity index (χ2n) is 27.8. The molecule has 88 heavy (non-hydrogen) atoms. The summed E-state index contributed by atoms with van der Waals surface area (Å²) in [5.41, 5.74) is 0. The van der Waals surface area contributed by atoms with Crippen LogP contribution in [0.2, 0.25) is 0 Å². The van der Waals surface area contributed by atoms with Crippen molar-refractivity contribution >= 4 is 11.9 Å². The largest absolute Gasteiger partial charge is 0.466 e. The first-order chi connectivity index (χ1) is 43.5. The van der Waals surface area contributed by atoms with Crippen LogP contribution in [-0.4, -0.2) is 47.4 Å². The molecule has 520 valence electrons. The van der Waals surface area contributed by atoms with Crippen LogP contribution < -0.4 is 5.32 Å². The van der Waals surface area contributed by atoms with Crippen LogP contribution in [0.3, 0.4) is 0 Å². The van der Waals surface area contributed by atoms with E-state index in [1.165, 1.54) is 379 Å². The Hall–Kier alpha value is -1.92. The van der Waals surface area contributed by atoms with Crippen molar-refractivity contribution in [3.05, 3.63) is 36.5 Å². The highest BCUT2D eigenvalue weighted by Crippen LogP contribution is 2.20. The molecule has 0 aliphatic rings. The molecule has 0 fully saturated rings. The van der Waals surface area contributed by atoms with Gasteiger partial charge in [-0.2, -0.15) is 0 Å². The van der Waals surface area contributed by atoms with Crippen molar-refractivity contribution in [1.29, 1.82) is 0 Å². The average molecular weight is 1240 g/mol. The van der Waals surface area contributed by atoms with Gasteiger partial charge in [-0.25, -0.2) is 0 Å². The number of hydrogen-bond donors (Lipinski definition) is 3. The van der Waals surface area contributed by atoms with Gasteiger partial charge in [-0.3, -0.25) is 9.59 Å². The highest BCUT2D eigenvalue weighted by molar-refractivity contribution is 5.76. The summed E-state index contributed by atoms with van der Waals surface area (Å²) < 4.78 is 5.52. The van der Waals surface area contributed by atoms with E-state index in [-0.39, 0.29) is 18.5 Å². The smallest absolute Gasteiger partial charge is 0.305 e. The lowest BCUT2D eigenvalue weighted by molar-refractivity contribution is -0.143. The Kier molecular flexibility index (Phi) is 75.8. The third-order valence-electron chi connectivity index (χ3n) is 18.9. The average Bonchev–Trinajstić information content (AvgIpc) is 3.54. The maximum Gasteiger partial charge on any atom is 0.305 e. The molecule has 0 bridgehead atoms. The van der Waals surface area contributed by atoms with Crippen molar-refractivity contribution in [3.8, 4) is 0 Å². The van der Waals surface area contributed by atoms with Crippen LogP contribution in [0.4, 0.5) is 0 Å². The number of carbonyl (C=O) groups excluding carboxylic acids is 2. The number of allylic oxidation sites excluding steroid dienone is 5. The molecule has 0 saturated heterocycles. The summed E-state index contributed by atoms with van der Waals surface area (Å²) in [5, 5.41) is 23.1. The molecule has 0 heterocycles. The summed E-state index contributed by atoms with van der Waals surface area (Å²) in [5.74, 6) is -0.0392. The summed E-state index contributed by atoms with van der Waals surface area (Å²) in [6.07, 6.45) is 101. The van der Waals surface area contributed by atoms with E-state index in [2.05, 4.69) is 43.5 Å². The summed E-state index contributed by atoms with van der Waals surface area (Å²) in [6.45, 7) is 4.91. The number of ether oxygens (including phenoxy) is 1. The molecule has 0 saturated carbocycles. The second kappa shape index (κ2) is 77.5. The lowest BCUT2D eigenvalue weighted by Crippen LogP contribution is -2.45. The van der Waals surface area contributed by atoms with Gasteiger partial charge < -0.3 is 20.3 Å². The number of aliphatic hydroxyl groups is 2. The molecular formula is C82H157NO5. The monoisotopic (exact) mass is 1240 g/mol. The minimum Gasteiger partial charge on any atom is -0.466 e. The quantitative estimate of drug-likeness (QED) is 0.0320. The lowest BCUT2D eigenvalue weighted by Gasteiger charge is -2.20. The first kappa shape index (κ1) is 86.1. The van der Waals surface area contributed by atoms with Crippen molar-refractivity contribution in [2.24, 2.45) is 0 Å². The van der Waals surface area contributed by atoms with Crippen molar-refractivity contribution in [3.63, 3.8) is 0 Å². The third-order valence-corrected chi connectivity index (χ3v) is 18.9. The molecule has 6 heteroatoms. The molecule has 2 atom stereocenters.